The third kappa shape index (κ3) is 7.38. The van der Waals surface area contributed by atoms with Gasteiger partial charge in [0.05, 0.1) is 0 Å². The fourth-order valence-corrected chi connectivity index (χ4v) is 6.43. The molecule has 6 N–H and O–H groups in total. The Balaban J connectivity index is 2.13. The highest BCUT2D eigenvalue weighted by atomic mass is 32.2. The Labute approximate surface area is 211 Å². The van der Waals surface area contributed by atoms with Gasteiger partial charge in [-0.2, -0.15) is 0 Å². The third-order valence-corrected chi connectivity index (χ3v) is 8.59. The van der Waals surface area contributed by atoms with Crippen LogP contribution in [0.1, 0.15) is 91.9 Å². The first-order valence-corrected chi connectivity index (χ1v) is 13.7. The lowest BCUT2D eigenvalue weighted by molar-refractivity contribution is -0.131. The van der Waals surface area contributed by atoms with Crippen LogP contribution in [0.15, 0.2) is 35.4 Å². The second kappa shape index (κ2) is 12.8. The number of rotatable bonds is 11. The molecule has 6 nitrogen and oxygen atoms in total. The van der Waals surface area contributed by atoms with Gasteiger partial charge in [0.2, 0.25) is 11.8 Å². The predicted molar refractivity (Wildman–Crippen MR) is 143 cm³/mol. The number of hydrogen-bond acceptors (Lipinski definition) is 5. The molecule has 0 aromatic rings. The van der Waals surface area contributed by atoms with Crippen LogP contribution in [0, 0.1) is 17.3 Å². The van der Waals surface area contributed by atoms with Gasteiger partial charge in [0, 0.05) is 22.1 Å². The van der Waals surface area contributed by atoms with Crippen LogP contribution < -0.4 is 21.5 Å². The van der Waals surface area contributed by atoms with Gasteiger partial charge in [-0.05, 0) is 74.8 Å². The van der Waals surface area contributed by atoms with E-state index < -0.39 is 11.0 Å². The van der Waals surface area contributed by atoms with Crippen molar-refractivity contribution < 1.29 is 9.59 Å². The molecule has 192 valence electrons. The summed E-state index contributed by atoms with van der Waals surface area (Å²) in [5.41, 5.74) is 11.4. The molecule has 2 amide bonds. The maximum absolute atomic E-state index is 13.7. The van der Waals surface area contributed by atoms with Crippen molar-refractivity contribution in [3.8, 4) is 0 Å². The zero-order valence-corrected chi connectivity index (χ0v) is 22.4. The molecule has 2 aliphatic carbocycles. The molecule has 0 spiro atoms. The highest BCUT2D eigenvalue weighted by Crippen LogP contribution is 2.44. The normalized spacial score (nSPS) is 28.4. The number of carbonyl (C=O) groups excluding carboxylic acids is 2. The number of allylic oxidation sites excluding steroid dienone is 3. The van der Waals surface area contributed by atoms with Crippen LogP contribution in [0.3, 0.4) is 0 Å². The highest BCUT2D eigenvalue weighted by molar-refractivity contribution is 8.01. The van der Waals surface area contributed by atoms with Crippen LogP contribution in [0.4, 0.5) is 0 Å². The third-order valence-electron chi connectivity index (χ3n) is 7.62. The van der Waals surface area contributed by atoms with Crippen molar-refractivity contribution in [2.24, 2.45) is 28.7 Å². The molecule has 34 heavy (non-hydrogen) atoms. The van der Waals surface area contributed by atoms with Crippen LogP contribution in [-0.2, 0) is 9.59 Å². The minimum atomic E-state index is -0.647. The molecule has 0 aromatic carbocycles. The van der Waals surface area contributed by atoms with Crippen molar-refractivity contribution in [3.05, 3.63) is 35.4 Å². The first kappa shape index (κ1) is 28.5. The quantitative estimate of drug-likeness (QED) is 0.239. The van der Waals surface area contributed by atoms with E-state index in [0.717, 1.165) is 64.2 Å². The summed E-state index contributed by atoms with van der Waals surface area (Å²) in [4.78, 5) is 26.6. The Kier molecular flexibility index (Phi) is 10.8. The molecule has 4 atom stereocenters. The van der Waals surface area contributed by atoms with Gasteiger partial charge in [-0.1, -0.05) is 65.7 Å². The van der Waals surface area contributed by atoms with Crippen molar-refractivity contribution in [3.63, 3.8) is 0 Å². The summed E-state index contributed by atoms with van der Waals surface area (Å²) >= 11 is 1.36. The zero-order chi connectivity index (χ0) is 25.4. The van der Waals surface area contributed by atoms with E-state index in [0.29, 0.717) is 16.5 Å². The van der Waals surface area contributed by atoms with Crippen molar-refractivity contribution in [2.45, 2.75) is 103 Å². The molecule has 2 aliphatic rings. The van der Waals surface area contributed by atoms with Gasteiger partial charge in [0.25, 0.3) is 0 Å². The predicted octanol–water partition coefficient (Wildman–Crippen LogP) is 5.07. The summed E-state index contributed by atoms with van der Waals surface area (Å²) in [7, 11) is 0. The van der Waals surface area contributed by atoms with Crippen molar-refractivity contribution in [2.75, 3.05) is 0 Å². The average Bonchev–Trinajstić information content (AvgIpc) is 2.80. The van der Waals surface area contributed by atoms with E-state index in [1.807, 2.05) is 25.2 Å². The average molecular weight is 491 g/mol. The van der Waals surface area contributed by atoms with E-state index in [1.54, 1.807) is 0 Å². The molecular formula is C27H46N4O2S. The topological polar surface area (TPSA) is 110 Å². The summed E-state index contributed by atoms with van der Waals surface area (Å²) in [5.74, 6) is 0.457. The van der Waals surface area contributed by atoms with Crippen molar-refractivity contribution in [1.82, 2.24) is 10.0 Å². The van der Waals surface area contributed by atoms with Crippen molar-refractivity contribution >= 4 is 23.8 Å². The zero-order valence-electron chi connectivity index (χ0n) is 21.6. The largest absolute Gasteiger partial charge is 0.398 e. The van der Waals surface area contributed by atoms with Crippen LogP contribution >= 0.6 is 11.9 Å². The van der Waals surface area contributed by atoms with Gasteiger partial charge in [0.1, 0.15) is 5.54 Å². The van der Waals surface area contributed by atoms with Crippen LogP contribution in [-0.4, -0.2) is 23.4 Å². The number of carbonyl (C=O) groups is 2. The molecule has 0 saturated heterocycles. The summed E-state index contributed by atoms with van der Waals surface area (Å²) in [6.45, 7) is 12.4. The molecule has 4 unspecified atom stereocenters. The van der Waals surface area contributed by atoms with Gasteiger partial charge in [-0.25, -0.2) is 4.72 Å². The maximum atomic E-state index is 13.7. The van der Waals surface area contributed by atoms with Crippen LogP contribution in [0.2, 0.25) is 0 Å². The molecule has 0 bridgehead atoms. The summed E-state index contributed by atoms with van der Waals surface area (Å²) in [6, 6.07) is 0.0203. The molecule has 0 aliphatic heterocycles. The molecule has 2 fully saturated rings. The van der Waals surface area contributed by atoms with E-state index in [2.05, 4.69) is 37.4 Å². The molecular weight excluding hydrogens is 444 g/mol. The molecule has 2 rings (SSSR count). The van der Waals surface area contributed by atoms with Crippen LogP contribution in [0.25, 0.3) is 0 Å². The summed E-state index contributed by atoms with van der Waals surface area (Å²) in [5, 5.41) is 3.39. The number of amides is 2. The van der Waals surface area contributed by atoms with Gasteiger partial charge in [-0.3, -0.25) is 9.59 Å². The van der Waals surface area contributed by atoms with Crippen molar-refractivity contribution in [1.29, 1.82) is 0 Å². The Morgan fingerprint density at radius 2 is 1.85 bits per heavy atom. The van der Waals surface area contributed by atoms with E-state index in [-0.39, 0.29) is 23.8 Å². The molecule has 2 saturated carbocycles. The first-order chi connectivity index (χ1) is 16.1. The summed E-state index contributed by atoms with van der Waals surface area (Å²) < 4.78 is 3.47. The Morgan fingerprint density at radius 1 is 1.18 bits per heavy atom. The molecule has 0 aromatic heterocycles. The fourth-order valence-electron chi connectivity index (χ4n) is 5.63. The lowest BCUT2D eigenvalue weighted by atomic mass is 9.64. The number of nitrogens with two attached hydrogens (primary N) is 2. The van der Waals surface area contributed by atoms with E-state index in [9.17, 15) is 9.59 Å². The van der Waals surface area contributed by atoms with Crippen LogP contribution in [0.5, 0.6) is 0 Å². The maximum Gasteiger partial charge on any atom is 0.241 e. The Hall–Kier alpha value is -1.73. The molecule has 7 heteroatoms. The minimum Gasteiger partial charge on any atom is -0.398 e. The Bertz CT molecular complexity index is 787. The number of nitrogens with one attached hydrogen (secondary N) is 2. The monoisotopic (exact) mass is 490 g/mol. The van der Waals surface area contributed by atoms with E-state index >= 15 is 0 Å². The second-order valence-corrected chi connectivity index (χ2v) is 11.6. The minimum absolute atomic E-state index is 0.0203. The highest BCUT2D eigenvalue weighted by Gasteiger charge is 2.45. The number of primary amides is 1. The van der Waals surface area contributed by atoms with E-state index in [4.69, 9.17) is 11.5 Å². The lowest BCUT2D eigenvalue weighted by Crippen LogP contribution is -2.59. The molecule has 0 radical (unpaired) electrons. The van der Waals surface area contributed by atoms with Gasteiger partial charge >= 0.3 is 0 Å². The van der Waals surface area contributed by atoms with E-state index in [1.165, 1.54) is 11.9 Å². The van der Waals surface area contributed by atoms with Gasteiger partial charge < -0.3 is 16.8 Å². The first-order valence-electron chi connectivity index (χ1n) is 12.9. The lowest BCUT2D eigenvalue weighted by Gasteiger charge is -2.44. The second-order valence-electron chi connectivity index (χ2n) is 10.7. The smallest absolute Gasteiger partial charge is 0.241 e. The Morgan fingerprint density at radius 3 is 2.44 bits per heavy atom. The molecule has 0 heterocycles. The van der Waals surface area contributed by atoms with Gasteiger partial charge in [0.15, 0.2) is 0 Å². The fraction of sp³-hybridized carbons (Fsp3) is 0.704. The number of hydrogen-bond donors (Lipinski definition) is 4. The summed E-state index contributed by atoms with van der Waals surface area (Å²) in [6.07, 6.45) is 14.9. The van der Waals surface area contributed by atoms with Gasteiger partial charge in [-0.15, -0.1) is 0 Å². The standard InChI is InChI=1S/C27H46N4O2S/c1-6-8-10-13-22(28)20(4)34-31-27(14-11-9-12-15-27)25(33)30-23(7-2)21-16-19(3)17-26(5,18-21)24(29)32/h8,10,13,19,21,23,31H,4,6-7,9,11-12,14-18,28H2,1-3,5H3,(H2,29,32)(H,30,33)/b10-8-,22-13+. The SMILES string of the molecule is C=C(SNC1(C(=O)NC(CC)C2CC(C)CC(C)(C(N)=O)C2)CCCCC1)/C(N)=C\C=C/CC.